The van der Waals surface area contributed by atoms with Gasteiger partial charge in [0, 0.05) is 39.9 Å². The van der Waals surface area contributed by atoms with Gasteiger partial charge in [-0.15, -0.1) is 11.3 Å². The van der Waals surface area contributed by atoms with Gasteiger partial charge in [-0.3, -0.25) is 4.79 Å². The Morgan fingerprint density at radius 1 is 1.17 bits per heavy atom. The van der Waals surface area contributed by atoms with E-state index in [2.05, 4.69) is 22.3 Å². The molecular weight excluding hydrogens is 425 g/mol. The number of anilines is 1. The number of benzene rings is 2. The average molecular weight is 444 g/mol. The van der Waals surface area contributed by atoms with Gasteiger partial charge in [-0.25, -0.2) is 4.99 Å². The van der Waals surface area contributed by atoms with E-state index in [0.717, 1.165) is 35.6 Å². The molecule has 2 heterocycles. The number of hydrogen-bond acceptors (Lipinski definition) is 4. The second-order valence-electron chi connectivity index (χ2n) is 6.95. The standard InChI is InChI=1S/C22H19Cl2N3OS/c1-27-10-9-18-19(13-27)29-22(25-12-14-3-2-4-16(24)11-14)20(18)21(28)26-17-7-5-15(23)6-8-17/h2-8,11-12H,9-10,13H2,1H3,(H,26,28). The summed E-state index contributed by atoms with van der Waals surface area (Å²) >= 11 is 13.6. The predicted octanol–water partition coefficient (Wildman–Crippen LogP) is 6.05. The lowest BCUT2D eigenvalue weighted by molar-refractivity contribution is 0.102. The molecule has 29 heavy (non-hydrogen) atoms. The Morgan fingerprint density at radius 3 is 2.72 bits per heavy atom. The lowest BCUT2D eigenvalue weighted by atomic mass is 10.0. The van der Waals surface area contributed by atoms with E-state index in [0.29, 0.717) is 21.3 Å². The zero-order valence-electron chi connectivity index (χ0n) is 15.8. The van der Waals surface area contributed by atoms with Crippen molar-refractivity contribution < 1.29 is 4.79 Å². The Bertz CT molecular complexity index is 1080. The minimum atomic E-state index is -0.146. The van der Waals surface area contributed by atoms with Crippen molar-refractivity contribution >= 4 is 57.3 Å². The first-order valence-electron chi connectivity index (χ1n) is 9.19. The van der Waals surface area contributed by atoms with Crippen molar-refractivity contribution in [3.05, 3.63) is 80.1 Å². The van der Waals surface area contributed by atoms with Crippen LogP contribution in [0.2, 0.25) is 10.0 Å². The average Bonchev–Trinajstić information content (AvgIpc) is 3.05. The van der Waals surface area contributed by atoms with E-state index < -0.39 is 0 Å². The third-order valence-electron chi connectivity index (χ3n) is 4.74. The number of carbonyl (C=O) groups excluding carboxylic acids is 1. The van der Waals surface area contributed by atoms with E-state index >= 15 is 0 Å². The van der Waals surface area contributed by atoms with Gasteiger partial charge in [-0.05, 0) is 61.0 Å². The molecule has 0 saturated carbocycles. The maximum atomic E-state index is 13.2. The maximum absolute atomic E-state index is 13.2. The zero-order valence-corrected chi connectivity index (χ0v) is 18.1. The van der Waals surface area contributed by atoms with Crippen LogP contribution in [0.4, 0.5) is 10.7 Å². The zero-order chi connectivity index (χ0) is 20.4. The van der Waals surface area contributed by atoms with Gasteiger partial charge in [-0.2, -0.15) is 0 Å². The molecule has 1 N–H and O–H groups in total. The van der Waals surface area contributed by atoms with Crippen LogP contribution < -0.4 is 5.32 Å². The van der Waals surface area contributed by atoms with E-state index in [1.54, 1.807) is 41.8 Å². The number of carbonyl (C=O) groups is 1. The molecule has 0 radical (unpaired) electrons. The molecule has 7 heteroatoms. The highest BCUT2D eigenvalue weighted by Gasteiger charge is 2.26. The van der Waals surface area contributed by atoms with Gasteiger partial charge in [0.2, 0.25) is 0 Å². The summed E-state index contributed by atoms with van der Waals surface area (Å²) in [5, 5.41) is 4.98. The van der Waals surface area contributed by atoms with Crippen molar-refractivity contribution in [2.24, 2.45) is 4.99 Å². The molecule has 2 aromatic carbocycles. The van der Waals surface area contributed by atoms with Crippen LogP contribution >= 0.6 is 34.5 Å². The Kier molecular flexibility index (Phi) is 6.01. The number of likely N-dealkylation sites (N-methyl/N-ethyl adjacent to an activating group) is 1. The molecule has 0 aliphatic carbocycles. The predicted molar refractivity (Wildman–Crippen MR) is 122 cm³/mol. The number of hydrogen-bond donors (Lipinski definition) is 1. The number of nitrogens with one attached hydrogen (secondary N) is 1. The smallest absolute Gasteiger partial charge is 0.259 e. The first-order chi connectivity index (χ1) is 14.0. The van der Waals surface area contributed by atoms with Crippen molar-refractivity contribution in [1.82, 2.24) is 4.90 Å². The Hall–Kier alpha value is -2.18. The topological polar surface area (TPSA) is 44.7 Å². The van der Waals surface area contributed by atoms with Gasteiger partial charge in [-0.1, -0.05) is 35.3 Å². The van der Waals surface area contributed by atoms with Gasteiger partial charge in [0.1, 0.15) is 5.00 Å². The molecule has 0 saturated heterocycles. The van der Waals surface area contributed by atoms with Crippen LogP contribution in [0.3, 0.4) is 0 Å². The number of rotatable bonds is 4. The third-order valence-corrected chi connectivity index (χ3v) is 6.35. The highest BCUT2D eigenvalue weighted by molar-refractivity contribution is 7.16. The largest absolute Gasteiger partial charge is 0.322 e. The van der Waals surface area contributed by atoms with Crippen LogP contribution in [0, 0.1) is 0 Å². The number of thiophene rings is 1. The van der Waals surface area contributed by atoms with Crippen LogP contribution in [-0.2, 0) is 13.0 Å². The number of amides is 1. The molecular formula is C22H19Cl2N3OS. The first-order valence-corrected chi connectivity index (χ1v) is 10.8. The van der Waals surface area contributed by atoms with Gasteiger partial charge in [0.15, 0.2) is 0 Å². The molecule has 0 unspecified atom stereocenters. The fourth-order valence-corrected chi connectivity index (χ4v) is 4.88. The molecule has 0 spiro atoms. The van der Waals surface area contributed by atoms with Crippen LogP contribution in [0.25, 0.3) is 0 Å². The lowest BCUT2D eigenvalue weighted by Gasteiger charge is -2.22. The summed E-state index contributed by atoms with van der Waals surface area (Å²) < 4.78 is 0. The third kappa shape index (κ3) is 4.70. The second-order valence-corrected chi connectivity index (χ2v) is 8.90. The molecule has 0 bridgehead atoms. The molecule has 148 valence electrons. The molecule has 3 aromatic rings. The molecule has 1 aliphatic rings. The second kappa shape index (κ2) is 8.67. The summed E-state index contributed by atoms with van der Waals surface area (Å²) in [7, 11) is 2.09. The van der Waals surface area contributed by atoms with Gasteiger partial charge < -0.3 is 10.2 Å². The molecule has 4 rings (SSSR count). The van der Waals surface area contributed by atoms with Crippen molar-refractivity contribution in [3.63, 3.8) is 0 Å². The van der Waals surface area contributed by atoms with E-state index in [9.17, 15) is 4.79 Å². The van der Waals surface area contributed by atoms with Crippen LogP contribution in [-0.4, -0.2) is 30.6 Å². The van der Waals surface area contributed by atoms with Gasteiger partial charge in [0.25, 0.3) is 5.91 Å². The van der Waals surface area contributed by atoms with Crippen molar-refractivity contribution in [2.75, 3.05) is 18.9 Å². The van der Waals surface area contributed by atoms with Crippen LogP contribution in [0.5, 0.6) is 0 Å². The first kappa shape index (κ1) is 20.1. The number of nitrogens with zero attached hydrogens (tertiary/aromatic N) is 2. The Labute approximate surface area is 183 Å². The van der Waals surface area contributed by atoms with E-state index in [4.69, 9.17) is 23.2 Å². The highest BCUT2D eigenvalue weighted by atomic mass is 35.5. The van der Waals surface area contributed by atoms with Crippen LogP contribution in [0.1, 0.15) is 26.4 Å². The number of aliphatic imine (C=N–C) groups is 1. The lowest BCUT2D eigenvalue weighted by Crippen LogP contribution is -2.26. The van der Waals surface area contributed by atoms with Gasteiger partial charge >= 0.3 is 0 Å². The summed E-state index contributed by atoms with van der Waals surface area (Å²) in [6.45, 7) is 1.75. The number of halogens is 2. The quantitative estimate of drug-likeness (QED) is 0.499. The SMILES string of the molecule is CN1CCc2c(sc(N=Cc3cccc(Cl)c3)c2C(=O)Nc2ccc(Cl)cc2)C1. The molecule has 1 aliphatic heterocycles. The van der Waals surface area contributed by atoms with Crippen LogP contribution in [0.15, 0.2) is 53.5 Å². The Balaban J connectivity index is 1.68. The van der Waals surface area contributed by atoms with Crippen molar-refractivity contribution in [1.29, 1.82) is 0 Å². The fraction of sp³-hybridized carbons (Fsp3) is 0.182. The minimum Gasteiger partial charge on any atom is -0.322 e. The summed E-state index contributed by atoms with van der Waals surface area (Å²) in [6, 6.07) is 14.6. The van der Waals surface area contributed by atoms with Gasteiger partial charge in [0.05, 0.1) is 5.56 Å². The molecule has 4 nitrogen and oxygen atoms in total. The monoisotopic (exact) mass is 443 g/mol. The van der Waals surface area contributed by atoms with E-state index in [1.807, 2.05) is 24.3 Å². The van der Waals surface area contributed by atoms with Crippen molar-refractivity contribution in [2.45, 2.75) is 13.0 Å². The number of fused-ring (bicyclic) bond motifs is 1. The molecule has 1 amide bonds. The molecule has 1 aromatic heterocycles. The minimum absolute atomic E-state index is 0.146. The summed E-state index contributed by atoms with van der Waals surface area (Å²) in [4.78, 5) is 21.3. The molecule has 0 atom stereocenters. The summed E-state index contributed by atoms with van der Waals surface area (Å²) in [6.07, 6.45) is 2.59. The highest BCUT2D eigenvalue weighted by Crippen LogP contribution is 2.39. The van der Waals surface area contributed by atoms with E-state index in [-0.39, 0.29) is 5.91 Å². The fourth-order valence-electron chi connectivity index (χ4n) is 3.29. The van der Waals surface area contributed by atoms with Crippen molar-refractivity contribution in [3.8, 4) is 0 Å². The van der Waals surface area contributed by atoms with E-state index in [1.165, 1.54) is 4.88 Å². The summed E-state index contributed by atoms with van der Waals surface area (Å²) in [5.41, 5.74) is 3.35. The normalized spacial score (nSPS) is 14.2. The maximum Gasteiger partial charge on any atom is 0.259 e. The summed E-state index contributed by atoms with van der Waals surface area (Å²) in [5.74, 6) is -0.146. The molecule has 0 fully saturated rings. The Morgan fingerprint density at radius 2 is 1.97 bits per heavy atom.